The number of methoxy groups -OCH3 is 1. The Bertz CT molecular complexity index is 856. The standard InChI is InChI=1S/C24H37N5O2.HI/c1-24(2,3)21-16-26-22(31-21)17-28-23(25-4)27-15-19(29-13-9-6-10-14-29)18-11-7-8-12-20(18)30-5;/h7-8,11-12,16,19H,6,9-10,13-15,17H2,1-5H3,(H2,25,27,28);1H. The molecule has 0 amide bonds. The molecule has 1 aromatic carbocycles. The topological polar surface area (TPSA) is 74.9 Å². The van der Waals surface area contributed by atoms with E-state index in [1.165, 1.54) is 24.8 Å². The molecule has 1 atom stereocenters. The highest BCUT2D eigenvalue weighted by molar-refractivity contribution is 14.0. The molecule has 8 heteroatoms. The second-order valence-electron chi connectivity index (χ2n) is 9.03. The lowest BCUT2D eigenvalue weighted by Gasteiger charge is -2.35. The van der Waals surface area contributed by atoms with E-state index in [0.29, 0.717) is 12.4 Å². The van der Waals surface area contributed by atoms with Gasteiger partial charge in [0.2, 0.25) is 5.89 Å². The Kier molecular flexibility index (Phi) is 10.3. The smallest absolute Gasteiger partial charge is 0.213 e. The van der Waals surface area contributed by atoms with Crippen molar-refractivity contribution in [1.82, 2.24) is 20.5 Å². The number of rotatable bonds is 7. The maximum Gasteiger partial charge on any atom is 0.213 e. The quantitative estimate of drug-likeness (QED) is 0.298. The SMILES string of the molecule is CN=C(NCc1ncc(C(C)(C)C)o1)NCC(c1ccccc1OC)N1CCCCC1.I. The Balaban J connectivity index is 0.00000363. The highest BCUT2D eigenvalue weighted by Gasteiger charge is 2.25. The fourth-order valence-corrected chi connectivity index (χ4v) is 3.92. The number of ether oxygens (including phenoxy) is 1. The van der Waals surface area contributed by atoms with Gasteiger partial charge in [-0.15, -0.1) is 24.0 Å². The lowest BCUT2D eigenvalue weighted by molar-refractivity contribution is 0.161. The monoisotopic (exact) mass is 555 g/mol. The molecule has 1 aliphatic heterocycles. The molecule has 32 heavy (non-hydrogen) atoms. The summed E-state index contributed by atoms with van der Waals surface area (Å²) in [6.07, 6.45) is 5.58. The molecule has 1 unspecified atom stereocenters. The Labute approximate surface area is 209 Å². The number of aliphatic imine (C=N–C) groups is 1. The van der Waals surface area contributed by atoms with Gasteiger partial charge in [0.25, 0.3) is 0 Å². The number of likely N-dealkylation sites (tertiary alicyclic amines) is 1. The molecule has 0 spiro atoms. The van der Waals surface area contributed by atoms with E-state index >= 15 is 0 Å². The number of nitrogens with zero attached hydrogens (tertiary/aromatic N) is 3. The van der Waals surface area contributed by atoms with Gasteiger partial charge in [0.1, 0.15) is 11.5 Å². The summed E-state index contributed by atoms with van der Waals surface area (Å²) in [6, 6.07) is 8.51. The fraction of sp³-hybridized carbons (Fsp3) is 0.583. The molecule has 1 fully saturated rings. The van der Waals surface area contributed by atoms with Gasteiger partial charge in [-0.1, -0.05) is 45.4 Å². The third kappa shape index (κ3) is 7.10. The minimum Gasteiger partial charge on any atom is -0.496 e. The predicted molar refractivity (Wildman–Crippen MR) is 140 cm³/mol. The van der Waals surface area contributed by atoms with E-state index in [0.717, 1.165) is 37.1 Å². The van der Waals surface area contributed by atoms with Gasteiger partial charge in [0.15, 0.2) is 5.96 Å². The molecule has 0 aliphatic carbocycles. The molecular formula is C24H38IN5O2. The minimum absolute atomic E-state index is 0. The number of nitrogens with one attached hydrogen (secondary N) is 2. The maximum atomic E-state index is 5.88. The summed E-state index contributed by atoms with van der Waals surface area (Å²) in [5.41, 5.74) is 1.15. The van der Waals surface area contributed by atoms with Crippen molar-refractivity contribution < 1.29 is 9.15 Å². The second-order valence-corrected chi connectivity index (χ2v) is 9.03. The Morgan fingerprint density at radius 2 is 1.91 bits per heavy atom. The van der Waals surface area contributed by atoms with Crippen LogP contribution in [0.25, 0.3) is 0 Å². The lowest BCUT2D eigenvalue weighted by Crippen LogP contribution is -2.44. The zero-order chi connectivity index (χ0) is 22.3. The summed E-state index contributed by atoms with van der Waals surface area (Å²) in [4.78, 5) is 11.3. The summed E-state index contributed by atoms with van der Waals surface area (Å²) in [5, 5.41) is 6.82. The average molecular weight is 556 g/mol. The highest BCUT2D eigenvalue weighted by atomic mass is 127. The second kappa shape index (κ2) is 12.4. The first-order valence-electron chi connectivity index (χ1n) is 11.2. The summed E-state index contributed by atoms with van der Waals surface area (Å²) in [7, 11) is 3.52. The van der Waals surface area contributed by atoms with Crippen LogP contribution in [0, 0.1) is 0 Å². The molecular weight excluding hydrogens is 517 g/mol. The zero-order valence-electron chi connectivity index (χ0n) is 20.0. The van der Waals surface area contributed by atoms with Gasteiger partial charge < -0.3 is 19.8 Å². The minimum atomic E-state index is -0.0540. The maximum absolute atomic E-state index is 5.88. The molecule has 178 valence electrons. The van der Waals surface area contributed by atoms with Gasteiger partial charge in [0, 0.05) is 24.6 Å². The van der Waals surface area contributed by atoms with E-state index in [1.54, 1.807) is 20.4 Å². The number of guanidine groups is 1. The van der Waals surface area contributed by atoms with Crippen LogP contribution in [0.15, 0.2) is 39.9 Å². The first-order chi connectivity index (χ1) is 14.9. The fourth-order valence-electron chi connectivity index (χ4n) is 3.92. The van der Waals surface area contributed by atoms with Crippen molar-refractivity contribution >= 4 is 29.9 Å². The van der Waals surface area contributed by atoms with Crippen LogP contribution in [-0.4, -0.2) is 49.6 Å². The van der Waals surface area contributed by atoms with E-state index < -0.39 is 0 Å². The molecule has 3 rings (SSSR count). The van der Waals surface area contributed by atoms with Crippen LogP contribution < -0.4 is 15.4 Å². The van der Waals surface area contributed by atoms with Gasteiger partial charge in [-0.05, 0) is 32.0 Å². The number of aromatic nitrogens is 1. The summed E-state index contributed by atoms with van der Waals surface area (Å²) >= 11 is 0. The molecule has 0 bridgehead atoms. The third-order valence-electron chi connectivity index (χ3n) is 5.72. The Morgan fingerprint density at radius 3 is 2.53 bits per heavy atom. The zero-order valence-corrected chi connectivity index (χ0v) is 22.3. The van der Waals surface area contributed by atoms with Crippen molar-refractivity contribution in [2.75, 3.05) is 33.8 Å². The van der Waals surface area contributed by atoms with Crippen LogP contribution in [0.3, 0.4) is 0 Å². The van der Waals surface area contributed by atoms with Crippen molar-refractivity contribution in [2.24, 2.45) is 4.99 Å². The Morgan fingerprint density at radius 1 is 1.19 bits per heavy atom. The van der Waals surface area contributed by atoms with Crippen molar-refractivity contribution in [3.8, 4) is 5.75 Å². The number of hydrogen-bond donors (Lipinski definition) is 2. The summed E-state index contributed by atoms with van der Waals surface area (Å²) in [6.45, 7) is 9.76. The number of hydrogen-bond acceptors (Lipinski definition) is 5. The number of oxazole rings is 1. The lowest BCUT2D eigenvalue weighted by atomic mass is 9.94. The molecule has 2 N–H and O–H groups in total. The molecule has 7 nitrogen and oxygen atoms in total. The van der Waals surface area contributed by atoms with E-state index in [4.69, 9.17) is 9.15 Å². The molecule has 0 saturated carbocycles. The van der Waals surface area contributed by atoms with Gasteiger partial charge in [-0.3, -0.25) is 9.89 Å². The van der Waals surface area contributed by atoms with Crippen LogP contribution in [0.4, 0.5) is 0 Å². The van der Waals surface area contributed by atoms with E-state index in [9.17, 15) is 0 Å². The predicted octanol–water partition coefficient (Wildman–Crippen LogP) is 4.49. The highest BCUT2D eigenvalue weighted by Crippen LogP contribution is 2.31. The third-order valence-corrected chi connectivity index (χ3v) is 5.72. The van der Waals surface area contributed by atoms with Gasteiger partial charge in [-0.25, -0.2) is 4.98 Å². The molecule has 2 heterocycles. The first-order valence-corrected chi connectivity index (χ1v) is 11.2. The van der Waals surface area contributed by atoms with E-state index in [-0.39, 0.29) is 35.4 Å². The van der Waals surface area contributed by atoms with Crippen LogP contribution in [-0.2, 0) is 12.0 Å². The first kappa shape index (κ1) is 26.4. The van der Waals surface area contributed by atoms with Crippen LogP contribution in [0.5, 0.6) is 5.75 Å². The normalized spacial score (nSPS) is 16.2. The van der Waals surface area contributed by atoms with Gasteiger partial charge in [0.05, 0.1) is 25.9 Å². The van der Waals surface area contributed by atoms with Gasteiger partial charge in [-0.2, -0.15) is 0 Å². The van der Waals surface area contributed by atoms with Crippen molar-refractivity contribution in [3.63, 3.8) is 0 Å². The van der Waals surface area contributed by atoms with E-state index in [1.807, 2.05) is 12.1 Å². The summed E-state index contributed by atoms with van der Waals surface area (Å²) in [5.74, 6) is 3.20. The number of benzene rings is 1. The number of halogens is 1. The average Bonchev–Trinajstić information content (AvgIpc) is 3.27. The van der Waals surface area contributed by atoms with E-state index in [2.05, 4.69) is 58.4 Å². The number of piperidine rings is 1. The number of para-hydroxylation sites is 1. The van der Waals surface area contributed by atoms with Gasteiger partial charge >= 0.3 is 0 Å². The molecule has 1 saturated heterocycles. The van der Waals surface area contributed by atoms with Crippen LogP contribution in [0.2, 0.25) is 0 Å². The Hall–Kier alpha value is -1.81. The van der Waals surface area contributed by atoms with Crippen LogP contribution in [0.1, 0.15) is 63.3 Å². The van der Waals surface area contributed by atoms with Crippen LogP contribution >= 0.6 is 24.0 Å². The summed E-state index contributed by atoms with van der Waals surface area (Å²) < 4.78 is 11.5. The molecule has 1 aliphatic rings. The van der Waals surface area contributed by atoms with Crippen molar-refractivity contribution in [3.05, 3.63) is 47.7 Å². The molecule has 1 aromatic heterocycles. The van der Waals surface area contributed by atoms with Crippen molar-refractivity contribution in [2.45, 2.75) is 58.0 Å². The molecule has 0 radical (unpaired) electrons. The van der Waals surface area contributed by atoms with Crippen molar-refractivity contribution in [1.29, 1.82) is 0 Å². The molecule has 2 aromatic rings. The largest absolute Gasteiger partial charge is 0.496 e.